The van der Waals surface area contributed by atoms with Gasteiger partial charge in [0.1, 0.15) is 0 Å². The largest absolute Gasteiger partial charge is 0.310 e. The van der Waals surface area contributed by atoms with E-state index in [0.29, 0.717) is 0 Å². The number of aryl methyl sites for hydroxylation is 1. The Kier molecular flexibility index (Phi) is 1.16. The lowest BCUT2D eigenvalue weighted by Crippen LogP contribution is -2.13. The summed E-state index contributed by atoms with van der Waals surface area (Å²) in [5.74, 6) is 0. The van der Waals surface area contributed by atoms with Crippen molar-refractivity contribution in [3.63, 3.8) is 0 Å². The highest BCUT2D eigenvalue weighted by Crippen LogP contribution is 1.71. The number of pyridine rings is 1. The molecule has 1 heterocycles. The van der Waals surface area contributed by atoms with Crippen molar-refractivity contribution in [2.75, 3.05) is 0 Å². The van der Waals surface area contributed by atoms with Crippen LogP contribution in [0.3, 0.4) is 0 Å². The Bertz CT molecular complexity index is 226. The van der Waals surface area contributed by atoms with Crippen molar-refractivity contribution in [1.82, 2.24) is 4.57 Å². The average molecular weight is 108 g/mol. The van der Waals surface area contributed by atoms with E-state index in [2.05, 4.69) is 6.20 Å². The third-order valence-corrected chi connectivity index (χ3v) is 0.934. The van der Waals surface area contributed by atoms with E-state index >= 15 is 0 Å². The molecule has 0 spiro atoms. The van der Waals surface area contributed by atoms with Crippen LogP contribution in [0.2, 0.25) is 0 Å². The van der Waals surface area contributed by atoms with E-state index in [1.54, 1.807) is 19.2 Å². The lowest BCUT2D eigenvalue weighted by Gasteiger charge is -1.87. The molecule has 0 saturated carbocycles. The minimum atomic E-state index is -0.0208. The van der Waals surface area contributed by atoms with Crippen molar-refractivity contribution < 1.29 is 0 Å². The minimum Gasteiger partial charge on any atom is -0.310 e. The summed E-state index contributed by atoms with van der Waals surface area (Å²) >= 11 is 0. The Morgan fingerprint density at radius 1 is 1.75 bits per heavy atom. The highest BCUT2D eigenvalue weighted by atomic mass is 16.1. The van der Waals surface area contributed by atoms with Crippen LogP contribution in [0.25, 0.3) is 0 Å². The van der Waals surface area contributed by atoms with E-state index in [1.807, 2.05) is 0 Å². The molecule has 41 valence electrons. The van der Waals surface area contributed by atoms with Crippen molar-refractivity contribution in [2.24, 2.45) is 7.05 Å². The van der Waals surface area contributed by atoms with E-state index < -0.39 is 0 Å². The van der Waals surface area contributed by atoms with Gasteiger partial charge in [-0.3, -0.25) is 4.79 Å². The first-order valence-electron chi connectivity index (χ1n) is 2.34. The van der Waals surface area contributed by atoms with Gasteiger partial charge in [-0.2, -0.15) is 0 Å². The lowest BCUT2D eigenvalue weighted by atomic mass is 10.5. The first-order valence-corrected chi connectivity index (χ1v) is 2.34. The van der Waals surface area contributed by atoms with Gasteiger partial charge in [0, 0.05) is 13.1 Å². The van der Waals surface area contributed by atoms with Crippen molar-refractivity contribution >= 4 is 0 Å². The van der Waals surface area contributed by atoms with E-state index in [9.17, 15) is 4.79 Å². The summed E-state index contributed by atoms with van der Waals surface area (Å²) in [6, 6.07) is 4.86. The second-order valence-electron chi connectivity index (χ2n) is 1.55. The molecule has 1 aromatic rings. The lowest BCUT2D eigenvalue weighted by molar-refractivity contribution is 0.852. The maximum atomic E-state index is 10.6. The highest BCUT2D eigenvalue weighted by molar-refractivity contribution is 4.90. The van der Waals surface area contributed by atoms with Gasteiger partial charge in [0.05, 0.1) is 6.20 Å². The maximum Gasteiger partial charge on any atom is 0.250 e. The molecular weight excluding hydrogens is 102 g/mol. The third-order valence-electron chi connectivity index (χ3n) is 0.934. The van der Waals surface area contributed by atoms with Crippen LogP contribution >= 0.6 is 0 Å². The number of hydrogen-bond acceptors (Lipinski definition) is 1. The van der Waals surface area contributed by atoms with Crippen LogP contribution in [0, 0.1) is 6.20 Å². The third kappa shape index (κ3) is 0.780. The van der Waals surface area contributed by atoms with Gasteiger partial charge in [0.25, 0.3) is 5.56 Å². The molecule has 2 nitrogen and oxygen atoms in total. The maximum absolute atomic E-state index is 10.6. The molecule has 0 N–H and O–H groups in total. The predicted molar refractivity (Wildman–Crippen MR) is 30.5 cm³/mol. The normalized spacial score (nSPS) is 9.12. The molecule has 2 heteroatoms. The molecule has 0 atom stereocenters. The Labute approximate surface area is 47.4 Å². The number of aromatic nitrogens is 1. The fourth-order valence-corrected chi connectivity index (χ4v) is 0.461. The van der Waals surface area contributed by atoms with E-state index in [-0.39, 0.29) is 5.56 Å². The first kappa shape index (κ1) is 5.09. The molecule has 1 aromatic heterocycles. The van der Waals surface area contributed by atoms with Gasteiger partial charge in [-0.1, -0.05) is 6.07 Å². The molecule has 0 aliphatic heterocycles. The molecule has 0 aromatic carbocycles. The molecule has 0 aliphatic carbocycles. The average Bonchev–Trinajstić information content (AvgIpc) is 1.77. The molecule has 0 bridgehead atoms. The highest BCUT2D eigenvalue weighted by Gasteiger charge is 1.80. The summed E-state index contributed by atoms with van der Waals surface area (Å²) in [7, 11) is 1.67. The summed E-state index contributed by atoms with van der Waals surface area (Å²) in [5, 5.41) is 0. The Balaban J connectivity index is 3.35. The monoisotopic (exact) mass is 108 g/mol. The van der Waals surface area contributed by atoms with Gasteiger partial charge in [0.15, 0.2) is 0 Å². The van der Waals surface area contributed by atoms with E-state index in [0.717, 1.165) is 0 Å². The quantitative estimate of drug-likeness (QED) is 0.465. The fraction of sp³-hybridized carbons (Fsp3) is 0.167. The Hall–Kier alpha value is -1.05. The molecule has 1 rings (SSSR count). The van der Waals surface area contributed by atoms with E-state index in [1.165, 1.54) is 10.6 Å². The van der Waals surface area contributed by atoms with Gasteiger partial charge in [-0.15, -0.1) is 0 Å². The molecule has 1 radical (unpaired) electrons. The van der Waals surface area contributed by atoms with Crippen LogP contribution in [0.1, 0.15) is 0 Å². The standard InChI is InChI=1S/C6H6NO/c1-7-5-3-2-4-6(7)8/h2-4H,1H3. The molecular formula is C6H6NO. The van der Waals surface area contributed by atoms with Crippen molar-refractivity contribution in [3.05, 3.63) is 34.7 Å². The van der Waals surface area contributed by atoms with Crippen LogP contribution in [0.15, 0.2) is 23.0 Å². The number of nitrogens with zero attached hydrogens (tertiary/aromatic N) is 1. The van der Waals surface area contributed by atoms with Crippen LogP contribution in [0.4, 0.5) is 0 Å². The number of hydrogen-bond donors (Lipinski definition) is 0. The van der Waals surface area contributed by atoms with Gasteiger partial charge in [0.2, 0.25) is 0 Å². The van der Waals surface area contributed by atoms with Crippen LogP contribution in [-0.4, -0.2) is 4.57 Å². The molecule has 8 heavy (non-hydrogen) atoms. The second kappa shape index (κ2) is 1.82. The summed E-state index contributed by atoms with van der Waals surface area (Å²) in [6.45, 7) is 0. The minimum absolute atomic E-state index is 0.0208. The Morgan fingerprint density at radius 2 is 2.50 bits per heavy atom. The van der Waals surface area contributed by atoms with Gasteiger partial charge in [-0.25, -0.2) is 0 Å². The molecule has 0 unspecified atom stereocenters. The molecule has 0 fully saturated rings. The smallest absolute Gasteiger partial charge is 0.250 e. The zero-order chi connectivity index (χ0) is 5.98. The predicted octanol–water partition coefficient (Wildman–Crippen LogP) is 0.185. The van der Waals surface area contributed by atoms with Crippen LogP contribution in [-0.2, 0) is 7.05 Å². The topological polar surface area (TPSA) is 22.0 Å². The zero-order valence-corrected chi connectivity index (χ0v) is 4.59. The molecule has 0 amide bonds. The van der Waals surface area contributed by atoms with Crippen molar-refractivity contribution in [3.8, 4) is 0 Å². The van der Waals surface area contributed by atoms with Crippen LogP contribution < -0.4 is 5.56 Å². The van der Waals surface area contributed by atoms with Crippen molar-refractivity contribution in [2.45, 2.75) is 0 Å². The van der Waals surface area contributed by atoms with Crippen LogP contribution in [0.5, 0.6) is 0 Å². The van der Waals surface area contributed by atoms with Gasteiger partial charge in [-0.05, 0) is 6.07 Å². The fourth-order valence-electron chi connectivity index (χ4n) is 0.461. The van der Waals surface area contributed by atoms with Crippen molar-refractivity contribution in [1.29, 1.82) is 0 Å². The summed E-state index contributed by atoms with van der Waals surface area (Å²) in [4.78, 5) is 10.6. The SMILES string of the molecule is Cn1[c]cccc1=O. The summed E-state index contributed by atoms with van der Waals surface area (Å²) < 4.78 is 1.40. The Morgan fingerprint density at radius 3 is 2.88 bits per heavy atom. The van der Waals surface area contributed by atoms with Gasteiger partial charge < -0.3 is 4.57 Å². The number of rotatable bonds is 0. The second-order valence-corrected chi connectivity index (χ2v) is 1.55. The molecule has 0 saturated heterocycles. The summed E-state index contributed by atoms with van der Waals surface area (Å²) in [5.41, 5.74) is -0.0208. The van der Waals surface area contributed by atoms with E-state index in [4.69, 9.17) is 0 Å². The zero-order valence-electron chi connectivity index (χ0n) is 4.59. The first-order chi connectivity index (χ1) is 3.80. The summed E-state index contributed by atoms with van der Waals surface area (Å²) in [6.07, 6.45) is 2.70. The molecule has 0 aliphatic rings. The van der Waals surface area contributed by atoms with Gasteiger partial charge >= 0.3 is 0 Å².